The molecular weight excluding hydrogens is 320 g/mol. The molecule has 4 rings (SSSR count). The third kappa shape index (κ3) is 2.15. The van der Waals surface area contributed by atoms with Gasteiger partial charge in [-0.05, 0) is 68.4 Å². The molecule has 4 aliphatic carbocycles. The van der Waals surface area contributed by atoms with Crippen LogP contribution in [0.4, 0.5) is 0 Å². The van der Waals surface area contributed by atoms with E-state index in [4.69, 9.17) is 0 Å². The fraction of sp³-hybridized carbons (Fsp3) is 0.700. The van der Waals surface area contributed by atoms with Crippen LogP contribution in [0.15, 0.2) is 23.8 Å². The zero-order valence-corrected chi connectivity index (χ0v) is 14.5. The summed E-state index contributed by atoms with van der Waals surface area (Å²) in [5, 5.41) is 30.1. The van der Waals surface area contributed by atoms with Crippen LogP contribution in [0.25, 0.3) is 0 Å². The van der Waals surface area contributed by atoms with Crippen molar-refractivity contribution in [2.45, 2.75) is 51.7 Å². The Hall–Kier alpha value is -1.46. The van der Waals surface area contributed by atoms with Crippen LogP contribution in [0, 0.1) is 34.5 Å². The minimum Gasteiger partial charge on any atom is -0.481 e. The predicted octanol–water partition coefficient (Wildman–Crippen LogP) is 2.29. The highest BCUT2D eigenvalue weighted by Gasteiger charge is 2.64. The van der Waals surface area contributed by atoms with Crippen molar-refractivity contribution >= 4 is 11.8 Å². The molecule has 0 saturated heterocycles. The number of ketones is 1. The lowest BCUT2D eigenvalue weighted by molar-refractivity contribution is -0.209. The second-order valence-corrected chi connectivity index (χ2v) is 8.60. The quantitative estimate of drug-likeness (QED) is 0.667. The number of carbonyl (C=O) groups excluding carboxylic acids is 1. The minimum absolute atomic E-state index is 0.0248. The third-order valence-corrected chi connectivity index (χ3v) is 7.93. The molecule has 4 aliphatic rings. The molecule has 0 aromatic carbocycles. The second-order valence-electron chi connectivity index (χ2n) is 8.60. The summed E-state index contributed by atoms with van der Waals surface area (Å²) in [7, 11) is 0. The van der Waals surface area contributed by atoms with Gasteiger partial charge in [0, 0.05) is 10.8 Å². The number of aliphatic hydroxyl groups is 2. The predicted molar refractivity (Wildman–Crippen MR) is 90.3 cm³/mol. The van der Waals surface area contributed by atoms with Gasteiger partial charge in [0.2, 0.25) is 0 Å². The summed E-state index contributed by atoms with van der Waals surface area (Å²) >= 11 is 0. The van der Waals surface area contributed by atoms with Crippen molar-refractivity contribution < 1.29 is 24.9 Å². The van der Waals surface area contributed by atoms with Crippen LogP contribution in [0.3, 0.4) is 0 Å². The first-order chi connectivity index (χ1) is 11.8. The van der Waals surface area contributed by atoms with E-state index in [1.807, 2.05) is 6.08 Å². The molecule has 5 heteroatoms. The van der Waals surface area contributed by atoms with Gasteiger partial charge in [0.15, 0.2) is 12.1 Å². The molecule has 1 unspecified atom stereocenters. The van der Waals surface area contributed by atoms with Gasteiger partial charge in [0.05, 0.1) is 5.92 Å². The van der Waals surface area contributed by atoms with E-state index in [-0.39, 0.29) is 23.0 Å². The van der Waals surface area contributed by atoms with Crippen molar-refractivity contribution in [3.05, 3.63) is 23.8 Å². The topological polar surface area (TPSA) is 94.8 Å². The Labute approximate surface area is 147 Å². The number of carbonyl (C=O) groups is 2. The third-order valence-electron chi connectivity index (χ3n) is 7.93. The lowest BCUT2D eigenvalue weighted by atomic mass is 9.47. The molecule has 136 valence electrons. The first-order valence-electron chi connectivity index (χ1n) is 9.34. The van der Waals surface area contributed by atoms with E-state index >= 15 is 0 Å². The summed E-state index contributed by atoms with van der Waals surface area (Å²) in [6.07, 6.45) is 8.17. The monoisotopic (exact) mass is 346 g/mol. The van der Waals surface area contributed by atoms with Gasteiger partial charge in [-0.3, -0.25) is 9.59 Å². The van der Waals surface area contributed by atoms with Crippen LogP contribution in [0.5, 0.6) is 0 Å². The van der Waals surface area contributed by atoms with Gasteiger partial charge >= 0.3 is 5.97 Å². The van der Waals surface area contributed by atoms with Crippen LogP contribution in [-0.2, 0) is 9.59 Å². The number of aliphatic carboxylic acids is 1. The maximum absolute atomic E-state index is 11.8. The molecule has 0 radical (unpaired) electrons. The summed E-state index contributed by atoms with van der Waals surface area (Å²) in [5.74, 6) is -0.891. The zero-order valence-electron chi connectivity index (χ0n) is 14.5. The molecule has 0 bridgehead atoms. The van der Waals surface area contributed by atoms with Crippen molar-refractivity contribution in [2.75, 3.05) is 0 Å². The molecule has 6 atom stereocenters. The van der Waals surface area contributed by atoms with Gasteiger partial charge in [-0.25, -0.2) is 0 Å². The van der Waals surface area contributed by atoms with E-state index in [9.17, 15) is 24.9 Å². The van der Waals surface area contributed by atoms with Crippen molar-refractivity contribution in [3.63, 3.8) is 0 Å². The molecule has 5 nitrogen and oxygen atoms in total. The normalized spacial score (nSPS) is 45.6. The van der Waals surface area contributed by atoms with Crippen molar-refractivity contribution in [3.8, 4) is 0 Å². The number of fused-ring (bicyclic) bond motifs is 5. The van der Waals surface area contributed by atoms with Gasteiger partial charge in [-0.2, -0.15) is 0 Å². The van der Waals surface area contributed by atoms with E-state index in [0.29, 0.717) is 18.8 Å². The lowest BCUT2D eigenvalue weighted by Crippen LogP contribution is -2.55. The Morgan fingerprint density at radius 3 is 2.64 bits per heavy atom. The van der Waals surface area contributed by atoms with Crippen LogP contribution < -0.4 is 0 Å². The van der Waals surface area contributed by atoms with Crippen molar-refractivity contribution in [1.82, 2.24) is 0 Å². The van der Waals surface area contributed by atoms with Crippen LogP contribution >= 0.6 is 0 Å². The molecule has 0 aromatic heterocycles. The zero-order chi connectivity index (χ0) is 18.0. The molecule has 3 saturated carbocycles. The number of aliphatic hydroxyl groups excluding tert-OH is 1. The number of hydrogen-bond acceptors (Lipinski definition) is 4. The standard InChI is InChI=1S/C20H26O5/c1-19-8-6-12(21)10-11(19)2-3-13-14(19)7-9-20(18(24)25)15(13)4-5-16(20)17(22)23/h6,8,10,13-16,18,24-25H,2-5,7,9H2,1H3,(H,22,23)/t13-,14+,15+,16?,19+,20-/m1/s1. The number of hydrogen-bond donors (Lipinski definition) is 3. The lowest BCUT2D eigenvalue weighted by Gasteiger charge is -2.57. The summed E-state index contributed by atoms with van der Waals surface area (Å²) in [6, 6.07) is 0. The van der Waals surface area contributed by atoms with Crippen LogP contribution in [0.1, 0.15) is 45.4 Å². The molecular formula is C20H26O5. The highest BCUT2D eigenvalue weighted by molar-refractivity contribution is 6.01. The van der Waals surface area contributed by atoms with Crippen molar-refractivity contribution in [2.24, 2.45) is 34.5 Å². The SMILES string of the molecule is C[C@]12C=CC(=O)C=C1CC[C@H]1[C@@H]3CCC(C(=O)O)[C@@]3(C(O)O)CC[C@@H]12. The first kappa shape index (κ1) is 17.0. The Kier molecular flexibility index (Phi) is 3.75. The Morgan fingerprint density at radius 1 is 1.20 bits per heavy atom. The average molecular weight is 346 g/mol. The molecule has 3 fully saturated rings. The van der Waals surface area contributed by atoms with E-state index in [1.165, 1.54) is 5.57 Å². The largest absolute Gasteiger partial charge is 0.481 e. The molecule has 3 N–H and O–H groups in total. The van der Waals surface area contributed by atoms with Gasteiger partial charge < -0.3 is 15.3 Å². The summed E-state index contributed by atoms with van der Waals surface area (Å²) < 4.78 is 0. The highest BCUT2D eigenvalue weighted by Crippen LogP contribution is 2.66. The maximum Gasteiger partial charge on any atom is 0.307 e. The minimum atomic E-state index is -1.59. The van der Waals surface area contributed by atoms with Crippen LogP contribution in [0.2, 0.25) is 0 Å². The Morgan fingerprint density at radius 2 is 1.96 bits per heavy atom. The first-order valence-corrected chi connectivity index (χ1v) is 9.34. The van der Waals surface area contributed by atoms with Gasteiger partial charge in [-0.15, -0.1) is 0 Å². The van der Waals surface area contributed by atoms with Gasteiger partial charge in [0.25, 0.3) is 0 Å². The number of allylic oxidation sites excluding steroid dienone is 4. The summed E-state index contributed by atoms with van der Waals surface area (Å²) in [6.45, 7) is 2.19. The molecule has 0 aromatic rings. The Balaban J connectivity index is 1.72. The van der Waals surface area contributed by atoms with Crippen molar-refractivity contribution in [1.29, 1.82) is 0 Å². The van der Waals surface area contributed by atoms with E-state index in [0.717, 1.165) is 25.7 Å². The van der Waals surface area contributed by atoms with E-state index in [2.05, 4.69) is 6.92 Å². The van der Waals surface area contributed by atoms with E-state index in [1.54, 1.807) is 12.2 Å². The van der Waals surface area contributed by atoms with E-state index < -0.39 is 23.6 Å². The molecule has 0 amide bonds. The smallest absolute Gasteiger partial charge is 0.307 e. The molecule has 25 heavy (non-hydrogen) atoms. The Bertz CT molecular complexity index is 678. The maximum atomic E-state index is 11.8. The average Bonchev–Trinajstić information content (AvgIpc) is 2.96. The van der Waals surface area contributed by atoms with Gasteiger partial charge in [0.1, 0.15) is 0 Å². The fourth-order valence-corrected chi connectivity index (χ4v) is 6.78. The van der Waals surface area contributed by atoms with Gasteiger partial charge in [-0.1, -0.05) is 18.6 Å². The number of rotatable bonds is 2. The second kappa shape index (κ2) is 5.52. The highest BCUT2D eigenvalue weighted by atomic mass is 16.5. The fourth-order valence-electron chi connectivity index (χ4n) is 6.78. The molecule has 0 heterocycles. The summed E-state index contributed by atoms with van der Waals surface area (Å²) in [4.78, 5) is 23.5. The number of carboxylic acids is 1. The number of carboxylic acid groups (broad SMARTS) is 1. The molecule has 0 aliphatic heterocycles. The summed E-state index contributed by atoms with van der Waals surface area (Å²) in [5.41, 5.74) is 0.106. The van der Waals surface area contributed by atoms with Crippen LogP contribution in [-0.4, -0.2) is 33.4 Å². The molecule has 0 spiro atoms.